The third-order valence-corrected chi connectivity index (χ3v) is 3.94. The molecule has 9 heteroatoms. The molecule has 1 heterocycles. The first-order valence-electron chi connectivity index (χ1n) is 6.90. The second kappa shape index (κ2) is 8.99. The van der Waals surface area contributed by atoms with E-state index in [1.165, 1.54) is 0 Å². The monoisotopic (exact) mass is 366 g/mol. The number of rotatable bonds is 6. The minimum Gasteiger partial charge on any atom is -0.357 e. The van der Waals surface area contributed by atoms with Crippen LogP contribution in [0.3, 0.4) is 0 Å². The van der Waals surface area contributed by atoms with Crippen LogP contribution in [0.4, 0.5) is 5.69 Å². The third kappa shape index (κ3) is 5.98. The molecule has 0 radical (unpaired) electrons. The predicted molar refractivity (Wildman–Crippen MR) is 93.8 cm³/mol. The number of hydrazine groups is 1. The molecule has 0 aliphatic heterocycles. The van der Waals surface area contributed by atoms with Gasteiger partial charge in [0.05, 0.1) is 11.5 Å². The van der Waals surface area contributed by atoms with Crippen molar-refractivity contribution in [1.82, 2.24) is 15.8 Å². The van der Waals surface area contributed by atoms with Crippen LogP contribution in [0.25, 0.3) is 0 Å². The van der Waals surface area contributed by atoms with Crippen LogP contribution in [-0.4, -0.2) is 34.2 Å². The van der Waals surface area contributed by atoms with E-state index in [9.17, 15) is 14.4 Å². The van der Waals surface area contributed by atoms with Crippen LogP contribution in [0.5, 0.6) is 0 Å². The number of thioether (sulfide) groups is 1. The van der Waals surface area contributed by atoms with E-state index in [1.54, 1.807) is 42.6 Å². The van der Waals surface area contributed by atoms with Crippen molar-refractivity contribution in [3.05, 3.63) is 53.3 Å². The van der Waals surface area contributed by atoms with E-state index in [1.807, 2.05) is 0 Å². The van der Waals surface area contributed by atoms with Crippen LogP contribution in [-0.2, 0) is 9.59 Å². The Balaban J connectivity index is 1.62. The fourth-order valence-corrected chi connectivity index (χ4v) is 2.41. The SMILES string of the molecule is O=C(CSCC(=O)Nc1ccc(Cl)cc1)NNC(=O)c1ccc[nH]1. The second-order valence-corrected chi connectivity index (χ2v) is 6.06. The number of carbonyl (C=O) groups is 3. The van der Waals surface area contributed by atoms with E-state index in [-0.39, 0.29) is 17.4 Å². The van der Waals surface area contributed by atoms with Crippen molar-refractivity contribution in [3.8, 4) is 0 Å². The molecule has 0 spiro atoms. The van der Waals surface area contributed by atoms with Gasteiger partial charge in [-0.25, -0.2) is 0 Å². The lowest BCUT2D eigenvalue weighted by molar-refractivity contribution is -0.119. The van der Waals surface area contributed by atoms with Gasteiger partial charge in [0, 0.05) is 16.9 Å². The maximum atomic E-state index is 11.7. The van der Waals surface area contributed by atoms with Crippen molar-refractivity contribution in [2.24, 2.45) is 0 Å². The smallest absolute Gasteiger partial charge is 0.286 e. The molecule has 0 saturated carbocycles. The molecule has 2 aromatic rings. The van der Waals surface area contributed by atoms with Crippen molar-refractivity contribution >= 4 is 46.8 Å². The number of H-pyrrole nitrogens is 1. The average molecular weight is 367 g/mol. The Bertz CT molecular complexity index is 704. The highest BCUT2D eigenvalue weighted by molar-refractivity contribution is 8.00. The maximum Gasteiger partial charge on any atom is 0.286 e. The number of halogens is 1. The molecule has 0 aliphatic rings. The van der Waals surface area contributed by atoms with Crippen molar-refractivity contribution in [3.63, 3.8) is 0 Å². The number of amides is 3. The maximum absolute atomic E-state index is 11.7. The first kappa shape index (κ1) is 17.9. The lowest BCUT2D eigenvalue weighted by atomic mass is 10.3. The third-order valence-electron chi connectivity index (χ3n) is 2.75. The quantitative estimate of drug-likeness (QED) is 0.585. The van der Waals surface area contributed by atoms with Gasteiger partial charge in [-0.15, -0.1) is 11.8 Å². The number of nitrogens with one attached hydrogen (secondary N) is 4. The van der Waals surface area contributed by atoms with Gasteiger partial charge < -0.3 is 10.3 Å². The minimum atomic E-state index is -0.446. The highest BCUT2D eigenvalue weighted by atomic mass is 35.5. The molecule has 7 nitrogen and oxygen atoms in total. The van der Waals surface area contributed by atoms with Crippen LogP contribution >= 0.6 is 23.4 Å². The Hall–Kier alpha value is -2.45. The molecule has 0 aliphatic carbocycles. The van der Waals surface area contributed by atoms with Gasteiger partial charge >= 0.3 is 0 Å². The fraction of sp³-hybridized carbons (Fsp3) is 0.133. The Kier molecular flexibility index (Phi) is 6.71. The van der Waals surface area contributed by atoms with Gasteiger partial charge in [-0.2, -0.15) is 0 Å². The Morgan fingerprint density at radius 2 is 1.71 bits per heavy atom. The topological polar surface area (TPSA) is 103 Å². The van der Waals surface area contributed by atoms with Crippen LogP contribution in [0.15, 0.2) is 42.6 Å². The normalized spacial score (nSPS) is 10.0. The lowest BCUT2D eigenvalue weighted by Gasteiger charge is -2.07. The van der Waals surface area contributed by atoms with Gasteiger partial charge in [-0.05, 0) is 36.4 Å². The molecule has 1 aromatic heterocycles. The molecular formula is C15H15ClN4O3S. The zero-order valence-electron chi connectivity index (χ0n) is 12.5. The van der Waals surface area contributed by atoms with Gasteiger partial charge in [0.2, 0.25) is 11.8 Å². The van der Waals surface area contributed by atoms with E-state index in [2.05, 4.69) is 21.2 Å². The van der Waals surface area contributed by atoms with Crippen molar-refractivity contribution in [1.29, 1.82) is 0 Å². The molecule has 2 rings (SSSR count). The zero-order valence-corrected chi connectivity index (χ0v) is 14.0. The number of aromatic amines is 1. The summed E-state index contributed by atoms with van der Waals surface area (Å²) >= 11 is 6.89. The largest absolute Gasteiger partial charge is 0.357 e. The first-order chi connectivity index (χ1) is 11.5. The molecule has 1 aromatic carbocycles. The lowest BCUT2D eigenvalue weighted by Crippen LogP contribution is -2.42. The molecular weight excluding hydrogens is 352 g/mol. The zero-order chi connectivity index (χ0) is 17.4. The molecule has 24 heavy (non-hydrogen) atoms. The summed E-state index contributed by atoms with van der Waals surface area (Å²) in [5, 5.41) is 3.27. The summed E-state index contributed by atoms with van der Waals surface area (Å²) < 4.78 is 0. The van der Waals surface area contributed by atoms with Crippen LogP contribution in [0.2, 0.25) is 5.02 Å². The summed E-state index contributed by atoms with van der Waals surface area (Å²) in [6.07, 6.45) is 1.60. The van der Waals surface area contributed by atoms with E-state index in [0.29, 0.717) is 16.4 Å². The highest BCUT2D eigenvalue weighted by Gasteiger charge is 2.09. The number of anilines is 1. The molecule has 3 amide bonds. The Labute approximate surface area is 147 Å². The van der Waals surface area contributed by atoms with Crippen LogP contribution < -0.4 is 16.2 Å². The van der Waals surface area contributed by atoms with Crippen molar-refractivity contribution in [2.75, 3.05) is 16.8 Å². The number of benzene rings is 1. The molecule has 126 valence electrons. The Morgan fingerprint density at radius 3 is 2.38 bits per heavy atom. The fourth-order valence-electron chi connectivity index (χ4n) is 1.67. The summed E-state index contributed by atoms with van der Waals surface area (Å²) in [5.41, 5.74) is 5.52. The van der Waals surface area contributed by atoms with E-state index in [4.69, 9.17) is 11.6 Å². The highest BCUT2D eigenvalue weighted by Crippen LogP contribution is 2.13. The van der Waals surface area contributed by atoms with Gasteiger partial charge in [0.25, 0.3) is 5.91 Å². The van der Waals surface area contributed by atoms with E-state index < -0.39 is 11.8 Å². The minimum absolute atomic E-state index is 0.0407. The number of hydrogen-bond donors (Lipinski definition) is 4. The number of aromatic nitrogens is 1. The predicted octanol–water partition coefficient (Wildman–Crippen LogP) is 1.80. The second-order valence-electron chi connectivity index (χ2n) is 4.63. The number of carbonyl (C=O) groups excluding carboxylic acids is 3. The molecule has 0 atom stereocenters. The van der Waals surface area contributed by atoms with Crippen LogP contribution in [0.1, 0.15) is 10.5 Å². The Morgan fingerprint density at radius 1 is 1.00 bits per heavy atom. The summed E-state index contributed by atoms with van der Waals surface area (Å²) in [6.45, 7) is 0. The number of hydrogen-bond acceptors (Lipinski definition) is 4. The molecule has 0 saturated heterocycles. The van der Waals surface area contributed by atoms with Crippen LogP contribution in [0, 0.1) is 0 Å². The van der Waals surface area contributed by atoms with Gasteiger partial charge in [-0.1, -0.05) is 11.6 Å². The first-order valence-corrected chi connectivity index (χ1v) is 8.43. The summed E-state index contributed by atoms with van der Waals surface area (Å²) in [6, 6.07) is 9.97. The standard InChI is InChI=1S/C15H15ClN4O3S/c16-10-3-5-11(6-4-10)18-13(21)8-24-9-14(22)19-20-15(23)12-2-1-7-17-12/h1-7,17H,8-9H2,(H,18,21)(H,19,22)(H,20,23). The average Bonchev–Trinajstić information content (AvgIpc) is 3.09. The summed E-state index contributed by atoms with van der Waals surface area (Å²) in [4.78, 5) is 37.6. The summed E-state index contributed by atoms with van der Waals surface area (Å²) in [7, 11) is 0. The molecule has 0 fully saturated rings. The van der Waals surface area contributed by atoms with E-state index >= 15 is 0 Å². The van der Waals surface area contributed by atoms with Gasteiger partial charge in [-0.3, -0.25) is 25.2 Å². The van der Waals surface area contributed by atoms with Crippen molar-refractivity contribution < 1.29 is 14.4 Å². The summed E-state index contributed by atoms with van der Waals surface area (Å²) in [5.74, 6) is -0.928. The molecule has 4 N–H and O–H groups in total. The van der Waals surface area contributed by atoms with Gasteiger partial charge in [0.15, 0.2) is 0 Å². The van der Waals surface area contributed by atoms with E-state index in [0.717, 1.165) is 11.8 Å². The molecule has 0 unspecified atom stereocenters. The van der Waals surface area contributed by atoms with Crippen molar-refractivity contribution in [2.45, 2.75) is 0 Å². The molecule has 0 bridgehead atoms. The van der Waals surface area contributed by atoms with Gasteiger partial charge in [0.1, 0.15) is 5.69 Å².